The van der Waals surface area contributed by atoms with Crippen molar-refractivity contribution in [3.63, 3.8) is 0 Å². The molecule has 0 bridgehead atoms. The van der Waals surface area contributed by atoms with Crippen molar-refractivity contribution < 1.29 is 0 Å². The zero-order valence-corrected chi connectivity index (χ0v) is 9.68. The summed E-state index contributed by atoms with van der Waals surface area (Å²) < 4.78 is 0. The van der Waals surface area contributed by atoms with Crippen LogP contribution in [-0.2, 0) is 6.42 Å². The van der Waals surface area contributed by atoms with Crippen LogP contribution in [0, 0.1) is 6.92 Å². The largest absolute Gasteiger partial charge is 0.261 e. The van der Waals surface area contributed by atoms with E-state index in [1.54, 1.807) is 0 Å². The number of aromatic nitrogens is 1. The average Bonchev–Trinajstić information content (AvgIpc) is 1.95. The third-order valence-electron chi connectivity index (χ3n) is 1.36. The maximum atomic E-state index is 4.18. The Bertz CT molecular complexity index is 196. The molecule has 0 unspecified atom stereocenters. The van der Waals surface area contributed by atoms with Gasteiger partial charge in [-0.15, -0.1) is 17.0 Å². The Morgan fingerprint density at radius 3 is 2.64 bits per heavy atom. The summed E-state index contributed by atoms with van der Waals surface area (Å²) in [5.74, 6) is 0. The first-order valence-corrected chi connectivity index (χ1v) is 4.42. The van der Waals surface area contributed by atoms with Crippen LogP contribution >= 0.6 is 32.9 Å². The molecule has 11 heavy (non-hydrogen) atoms. The molecule has 1 aromatic heterocycles. The van der Waals surface area contributed by atoms with E-state index < -0.39 is 0 Å². The van der Waals surface area contributed by atoms with E-state index in [1.807, 2.05) is 19.2 Å². The van der Waals surface area contributed by atoms with Crippen LogP contribution in [0.15, 0.2) is 18.3 Å². The van der Waals surface area contributed by atoms with Gasteiger partial charge in [-0.1, -0.05) is 22.0 Å². The van der Waals surface area contributed by atoms with E-state index in [1.165, 1.54) is 5.56 Å². The van der Waals surface area contributed by atoms with Crippen LogP contribution in [0.3, 0.4) is 0 Å². The predicted molar refractivity (Wildman–Crippen MR) is 56.8 cm³/mol. The summed E-state index contributed by atoms with van der Waals surface area (Å²) in [5.41, 5.74) is 2.38. The minimum Gasteiger partial charge on any atom is -0.261 e. The van der Waals surface area contributed by atoms with Gasteiger partial charge in [0.05, 0.1) is 0 Å². The minimum absolute atomic E-state index is 0. The molecule has 62 valence electrons. The second-order valence-electron chi connectivity index (χ2n) is 2.25. The van der Waals surface area contributed by atoms with Gasteiger partial charge in [0.15, 0.2) is 0 Å². The molecular weight excluding hydrogens is 270 g/mol. The molecule has 0 aliphatic heterocycles. The SMILES string of the molecule is Br.Cc1ccc(CCBr)cn1. The van der Waals surface area contributed by atoms with Crippen molar-refractivity contribution in [2.75, 3.05) is 5.33 Å². The van der Waals surface area contributed by atoms with Crippen LogP contribution in [-0.4, -0.2) is 10.3 Å². The first-order valence-electron chi connectivity index (χ1n) is 3.30. The molecule has 0 amide bonds. The highest BCUT2D eigenvalue weighted by molar-refractivity contribution is 9.09. The van der Waals surface area contributed by atoms with Crippen LogP contribution in [0.1, 0.15) is 11.3 Å². The summed E-state index contributed by atoms with van der Waals surface area (Å²) in [5, 5.41) is 1.01. The number of hydrogen-bond donors (Lipinski definition) is 0. The lowest BCUT2D eigenvalue weighted by atomic mass is 10.2. The van der Waals surface area contributed by atoms with E-state index in [-0.39, 0.29) is 17.0 Å². The van der Waals surface area contributed by atoms with E-state index in [4.69, 9.17) is 0 Å². The monoisotopic (exact) mass is 279 g/mol. The molecule has 0 aromatic carbocycles. The Morgan fingerprint density at radius 2 is 2.18 bits per heavy atom. The molecule has 0 radical (unpaired) electrons. The average molecular weight is 281 g/mol. The maximum Gasteiger partial charge on any atom is 0.0372 e. The quantitative estimate of drug-likeness (QED) is 0.759. The third-order valence-corrected chi connectivity index (χ3v) is 1.75. The molecule has 0 atom stereocenters. The number of aryl methyl sites for hydroxylation is 2. The lowest BCUT2D eigenvalue weighted by Gasteiger charge is -1.95. The van der Waals surface area contributed by atoms with Crippen LogP contribution in [0.4, 0.5) is 0 Å². The number of nitrogens with zero attached hydrogens (tertiary/aromatic N) is 1. The summed E-state index contributed by atoms with van der Waals surface area (Å²) >= 11 is 3.38. The predicted octanol–water partition coefficient (Wildman–Crippen LogP) is 2.91. The molecule has 0 saturated heterocycles. The molecule has 0 saturated carbocycles. The van der Waals surface area contributed by atoms with Crippen LogP contribution in [0.25, 0.3) is 0 Å². The Morgan fingerprint density at radius 1 is 1.45 bits per heavy atom. The minimum atomic E-state index is 0. The standard InChI is InChI=1S/C8H10BrN.BrH/c1-7-2-3-8(4-5-9)6-10-7;/h2-3,6H,4-5H2,1H3;1H. The molecule has 1 aromatic rings. The van der Waals surface area contributed by atoms with Crippen molar-refractivity contribution in [1.29, 1.82) is 0 Å². The van der Waals surface area contributed by atoms with Crippen molar-refractivity contribution in [3.05, 3.63) is 29.6 Å². The molecule has 1 nitrogen and oxygen atoms in total. The number of alkyl halides is 1. The van der Waals surface area contributed by atoms with Gasteiger partial charge in [-0.3, -0.25) is 4.98 Å². The Labute approximate surface area is 86.1 Å². The molecule has 0 aliphatic rings. The highest BCUT2D eigenvalue weighted by atomic mass is 79.9. The Hall–Kier alpha value is 0.110. The molecule has 1 heterocycles. The molecule has 0 aliphatic carbocycles. The van der Waals surface area contributed by atoms with Gasteiger partial charge in [-0.2, -0.15) is 0 Å². The van der Waals surface area contributed by atoms with Gasteiger partial charge in [-0.25, -0.2) is 0 Å². The lowest BCUT2D eigenvalue weighted by molar-refractivity contribution is 1.09. The number of pyridine rings is 1. The maximum absolute atomic E-state index is 4.18. The van der Waals surface area contributed by atoms with Gasteiger partial charge in [0.2, 0.25) is 0 Å². The van der Waals surface area contributed by atoms with Crippen molar-refractivity contribution in [2.24, 2.45) is 0 Å². The van der Waals surface area contributed by atoms with Gasteiger partial charge in [0.25, 0.3) is 0 Å². The Kier molecular flexibility index (Phi) is 5.78. The molecule has 0 N–H and O–H groups in total. The molecular formula is C8H11Br2N. The fraction of sp³-hybridized carbons (Fsp3) is 0.375. The van der Waals surface area contributed by atoms with Crippen molar-refractivity contribution in [2.45, 2.75) is 13.3 Å². The number of halogens is 2. The van der Waals surface area contributed by atoms with Crippen LogP contribution < -0.4 is 0 Å². The number of rotatable bonds is 2. The van der Waals surface area contributed by atoms with E-state index in [9.17, 15) is 0 Å². The second-order valence-corrected chi connectivity index (χ2v) is 3.04. The summed E-state index contributed by atoms with van der Waals surface area (Å²) in [6, 6.07) is 4.15. The van der Waals surface area contributed by atoms with Gasteiger partial charge in [0.1, 0.15) is 0 Å². The van der Waals surface area contributed by atoms with E-state index in [0.29, 0.717) is 0 Å². The van der Waals surface area contributed by atoms with Crippen molar-refractivity contribution in [3.8, 4) is 0 Å². The summed E-state index contributed by atoms with van der Waals surface area (Å²) in [4.78, 5) is 4.18. The fourth-order valence-electron chi connectivity index (χ4n) is 0.755. The van der Waals surface area contributed by atoms with Gasteiger partial charge in [0, 0.05) is 17.2 Å². The second kappa shape index (κ2) is 5.72. The van der Waals surface area contributed by atoms with Crippen LogP contribution in [0.2, 0.25) is 0 Å². The van der Waals surface area contributed by atoms with Gasteiger partial charge >= 0.3 is 0 Å². The van der Waals surface area contributed by atoms with Crippen molar-refractivity contribution >= 4 is 32.9 Å². The van der Waals surface area contributed by atoms with Crippen LogP contribution in [0.5, 0.6) is 0 Å². The first kappa shape index (κ1) is 11.1. The summed E-state index contributed by atoms with van der Waals surface area (Å²) in [7, 11) is 0. The fourth-order valence-corrected chi connectivity index (χ4v) is 1.21. The van der Waals surface area contributed by atoms with Gasteiger partial charge in [-0.05, 0) is 25.0 Å². The van der Waals surface area contributed by atoms with Gasteiger partial charge < -0.3 is 0 Å². The first-order chi connectivity index (χ1) is 4.83. The van der Waals surface area contributed by atoms with E-state index in [2.05, 4.69) is 27.0 Å². The van der Waals surface area contributed by atoms with E-state index >= 15 is 0 Å². The number of hydrogen-bond acceptors (Lipinski definition) is 1. The molecule has 0 fully saturated rings. The highest BCUT2D eigenvalue weighted by Gasteiger charge is 1.89. The third kappa shape index (κ3) is 3.87. The van der Waals surface area contributed by atoms with E-state index in [0.717, 1.165) is 17.4 Å². The normalized spacial score (nSPS) is 8.91. The smallest absolute Gasteiger partial charge is 0.0372 e. The summed E-state index contributed by atoms with van der Waals surface area (Å²) in [6.45, 7) is 2.00. The molecule has 0 spiro atoms. The lowest BCUT2D eigenvalue weighted by Crippen LogP contribution is -1.87. The molecule has 3 heteroatoms. The molecule has 1 rings (SSSR count). The topological polar surface area (TPSA) is 12.9 Å². The summed E-state index contributed by atoms with van der Waals surface area (Å²) in [6.07, 6.45) is 2.99. The highest BCUT2D eigenvalue weighted by Crippen LogP contribution is 2.01. The van der Waals surface area contributed by atoms with Crippen molar-refractivity contribution in [1.82, 2.24) is 4.98 Å². The Balaban J connectivity index is 0.000001000. The zero-order chi connectivity index (χ0) is 7.40. The zero-order valence-electron chi connectivity index (χ0n) is 6.38.